The van der Waals surface area contributed by atoms with Crippen molar-refractivity contribution >= 4 is 23.5 Å². The Balaban J connectivity index is 1.60. The van der Waals surface area contributed by atoms with Crippen LogP contribution in [-0.4, -0.2) is 37.5 Å². The lowest BCUT2D eigenvalue weighted by Gasteiger charge is -2.38. The topological polar surface area (TPSA) is 88.8 Å². The average Bonchev–Trinajstić information content (AvgIpc) is 3.08. The summed E-state index contributed by atoms with van der Waals surface area (Å²) in [7, 11) is 1.21. The summed E-state index contributed by atoms with van der Waals surface area (Å²) in [5.74, 6) is -2.03. The molecule has 0 bridgehead atoms. The van der Waals surface area contributed by atoms with Gasteiger partial charge in [-0.05, 0) is 24.3 Å². The van der Waals surface area contributed by atoms with Crippen LogP contribution in [0.3, 0.4) is 0 Å². The van der Waals surface area contributed by atoms with E-state index in [9.17, 15) is 18.8 Å². The van der Waals surface area contributed by atoms with Crippen molar-refractivity contribution in [3.05, 3.63) is 53.7 Å². The van der Waals surface area contributed by atoms with Crippen LogP contribution >= 0.6 is 0 Å². The van der Waals surface area contributed by atoms with E-state index < -0.39 is 23.7 Å². The normalized spacial score (nSPS) is 16.5. The van der Waals surface area contributed by atoms with Crippen molar-refractivity contribution in [3.63, 3.8) is 0 Å². The van der Waals surface area contributed by atoms with Crippen LogP contribution in [0.2, 0.25) is 0 Å². The molecule has 0 saturated carbocycles. The van der Waals surface area contributed by atoms with Gasteiger partial charge in [0.25, 0.3) is 11.8 Å². The first-order valence-corrected chi connectivity index (χ1v) is 7.04. The van der Waals surface area contributed by atoms with Gasteiger partial charge in [-0.1, -0.05) is 0 Å². The van der Waals surface area contributed by atoms with Crippen LogP contribution < -0.4 is 10.2 Å². The summed E-state index contributed by atoms with van der Waals surface area (Å²) < 4.78 is 22.4. The number of carbonyl (C=O) groups excluding carboxylic acids is 3. The fourth-order valence-corrected chi connectivity index (χ4v) is 2.30. The molecule has 1 N–H and O–H groups in total. The van der Waals surface area contributed by atoms with Crippen LogP contribution in [-0.2, 0) is 9.53 Å². The Morgan fingerprint density at radius 2 is 2.04 bits per heavy atom. The van der Waals surface area contributed by atoms with Gasteiger partial charge in [0.05, 0.1) is 19.2 Å². The number of benzene rings is 1. The second-order valence-electron chi connectivity index (χ2n) is 5.14. The standard InChI is InChI=1S/C16H13FN2O5/c1-23-16(22)9-6-13(24-8-9)14(20)18-12-7-19(15(12)21)11-4-2-10(17)3-5-11/h2-6,8,12H,7H2,1H3,(H,18,20)/t12-/m0/s1. The van der Waals surface area contributed by atoms with Gasteiger partial charge in [0.2, 0.25) is 0 Å². The molecule has 2 heterocycles. The second kappa shape index (κ2) is 6.15. The highest BCUT2D eigenvalue weighted by atomic mass is 19.1. The van der Waals surface area contributed by atoms with E-state index >= 15 is 0 Å². The highest BCUT2D eigenvalue weighted by molar-refractivity contribution is 6.07. The van der Waals surface area contributed by atoms with Crippen LogP contribution in [0, 0.1) is 5.82 Å². The summed E-state index contributed by atoms with van der Waals surface area (Å²) in [6.45, 7) is 0.265. The molecule has 24 heavy (non-hydrogen) atoms. The first kappa shape index (κ1) is 15.7. The Hall–Kier alpha value is -3.16. The number of rotatable bonds is 4. The van der Waals surface area contributed by atoms with Gasteiger partial charge < -0.3 is 19.4 Å². The molecule has 1 aliphatic heterocycles. The molecule has 2 aromatic rings. The van der Waals surface area contributed by atoms with Crippen molar-refractivity contribution in [3.8, 4) is 0 Å². The minimum Gasteiger partial charge on any atom is -0.465 e. The molecule has 0 spiro atoms. The van der Waals surface area contributed by atoms with Gasteiger partial charge in [-0.25, -0.2) is 9.18 Å². The zero-order valence-corrected chi connectivity index (χ0v) is 12.6. The molecule has 1 fully saturated rings. The molecule has 8 heteroatoms. The van der Waals surface area contributed by atoms with E-state index in [-0.39, 0.29) is 23.8 Å². The maximum absolute atomic E-state index is 12.9. The first-order valence-electron chi connectivity index (χ1n) is 7.04. The average molecular weight is 332 g/mol. The van der Waals surface area contributed by atoms with Crippen molar-refractivity contribution in [1.29, 1.82) is 0 Å². The highest BCUT2D eigenvalue weighted by Crippen LogP contribution is 2.22. The Labute approximate surface area is 136 Å². The highest BCUT2D eigenvalue weighted by Gasteiger charge is 2.39. The fourth-order valence-electron chi connectivity index (χ4n) is 2.30. The van der Waals surface area contributed by atoms with E-state index in [1.807, 2.05) is 0 Å². The molecule has 1 aromatic carbocycles. The number of methoxy groups -OCH3 is 1. The molecular weight excluding hydrogens is 319 g/mol. The fraction of sp³-hybridized carbons (Fsp3) is 0.188. The number of amides is 2. The molecular formula is C16H13FN2O5. The van der Waals surface area contributed by atoms with Gasteiger partial charge in [-0.2, -0.15) is 0 Å². The molecule has 1 atom stereocenters. The third kappa shape index (κ3) is 2.85. The lowest BCUT2D eigenvalue weighted by molar-refractivity contribution is -0.124. The largest absolute Gasteiger partial charge is 0.465 e. The maximum Gasteiger partial charge on any atom is 0.341 e. The zero-order valence-electron chi connectivity index (χ0n) is 12.6. The molecule has 1 aromatic heterocycles. The Kier molecular flexibility index (Phi) is 4.03. The van der Waals surface area contributed by atoms with Gasteiger partial charge in [0, 0.05) is 11.8 Å². The van der Waals surface area contributed by atoms with Crippen LogP contribution in [0.5, 0.6) is 0 Å². The summed E-state index contributed by atoms with van der Waals surface area (Å²) in [6.07, 6.45) is 1.11. The van der Waals surface area contributed by atoms with E-state index in [1.165, 1.54) is 42.3 Å². The van der Waals surface area contributed by atoms with E-state index in [4.69, 9.17) is 4.42 Å². The number of esters is 1. The number of furan rings is 1. The number of ether oxygens (including phenoxy) is 1. The predicted octanol–water partition coefficient (Wildman–Crippen LogP) is 1.35. The van der Waals surface area contributed by atoms with Crippen LogP contribution in [0.25, 0.3) is 0 Å². The van der Waals surface area contributed by atoms with Crippen molar-refractivity contribution in [2.75, 3.05) is 18.6 Å². The number of halogens is 1. The monoisotopic (exact) mass is 332 g/mol. The van der Waals surface area contributed by atoms with Crippen molar-refractivity contribution in [2.45, 2.75) is 6.04 Å². The van der Waals surface area contributed by atoms with Gasteiger partial charge in [0.1, 0.15) is 18.1 Å². The number of carbonyl (C=O) groups is 3. The van der Waals surface area contributed by atoms with Gasteiger partial charge in [-0.3, -0.25) is 9.59 Å². The van der Waals surface area contributed by atoms with E-state index in [1.54, 1.807) is 0 Å². The Bertz CT molecular complexity index is 799. The third-order valence-corrected chi connectivity index (χ3v) is 3.62. The molecule has 124 valence electrons. The van der Waals surface area contributed by atoms with Gasteiger partial charge in [0.15, 0.2) is 5.76 Å². The quantitative estimate of drug-likeness (QED) is 0.674. The van der Waals surface area contributed by atoms with E-state index in [0.717, 1.165) is 6.26 Å². The number of nitrogens with zero attached hydrogens (tertiary/aromatic N) is 1. The molecule has 0 radical (unpaired) electrons. The molecule has 0 unspecified atom stereocenters. The molecule has 3 rings (SSSR count). The number of nitrogens with one attached hydrogen (secondary N) is 1. The van der Waals surface area contributed by atoms with Crippen LogP contribution in [0.1, 0.15) is 20.9 Å². The summed E-state index contributed by atoms with van der Waals surface area (Å²) in [5.41, 5.74) is 0.661. The third-order valence-electron chi connectivity index (χ3n) is 3.62. The summed E-state index contributed by atoms with van der Waals surface area (Å²) in [6, 6.07) is 6.02. The maximum atomic E-state index is 12.9. The van der Waals surface area contributed by atoms with E-state index in [2.05, 4.69) is 10.1 Å². The van der Waals surface area contributed by atoms with E-state index in [0.29, 0.717) is 5.69 Å². The minimum atomic E-state index is -0.700. The van der Waals surface area contributed by atoms with Crippen LogP contribution in [0.4, 0.5) is 10.1 Å². The molecule has 7 nitrogen and oxygen atoms in total. The second-order valence-corrected chi connectivity index (χ2v) is 5.14. The molecule has 1 saturated heterocycles. The molecule has 0 aliphatic carbocycles. The number of β-lactam (4-membered cyclic amide) rings is 1. The number of anilines is 1. The van der Waals surface area contributed by atoms with Crippen LogP contribution in [0.15, 0.2) is 41.0 Å². The van der Waals surface area contributed by atoms with Gasteiger partial charge in [-0.15, -0.1) is 0 Å². The lowest BCUT2D eigenvalue weighted by atomic mass is 10.1. The summed E-state index contributed by atoms with van der Waals surface area (Å²) in [5, 5.41) is 2.51. The Morgan fingerprint density at radius 1 is 1.33 bits per heavy atom. The molecule has 2 amide bonds. The SMILES string of the molecule is COC(=O)c1coc(C(=O)N[C@H]2CN(c3ccc(F)cc3)C2=O)c1. The summed E-state index contributed by atoms with van der Waals surface area (Å²) in [4.78, 5) is 36.9. The number of hydrogen-bond donors (Lipinski definition) is 1. The summed E-state index contributed by atoms with van der Waals surface area (Å²) >= 11 is 0. The number of hydrogen-bond acceptors (Lipinski definition) is 5. The lowest BCUT2D eigenvalue weighted by Crippen LogP contribution is -2.64. The van der Waals surface area contributed by atoms with Gasteiger partial charge >= 0.3 is 5.97 Å². The minimum absolute atomic E-state index is 0.0940. The smallest absolute Gasteiger partial charge is 0.341 e. The van der Waals surface area contributed by atoms with Crippen molar-refractivity contribution in [2.24, 2.45) is 0 Å². The Morgan fingerprint density at radius 3 is 2.67 bits per heavy atom. The zero-order chi connectivity index (χ0) is 17.3. The van der Waals surface area contributed by atoms with Crippen molar-refractivity contribution < 1.29 is 27.9 Å². The first-order chi connectivity index (χ1) is 11.5. The molecule has 1 aliphatic rings. The predicted molar refractivity (Wildman–Crippen MR) is 80.1 cm³/mol. The van der Waals surface area contributed by atoms with Crippen molar-refractivity contribution in [1.82, 2.24) is 5.32 Å².